The summed E-state index contributed by atoms with van der Waals surface area (Å²) in [5.74, 6) is 1.23. The summed E-state index contributed by atoms with van der Waals surface area (Å²) in [5.41, 5.74) is 1.57. The second kappa shape index (κ2) is 9.06. The Morgan fingerprint density at radius 3 is 2.73 bits per heavy atom. The first-order valence-electron chi connectivity index (χ1n) is 11.5. The van der Waals surface area contributed by atoms with Crippen molar-refractivity contribution in [3.63, 3.8) is 0 Å². The van der Waals surface area contributed by atoms with E-state index in [4.69, 9.17) is 4.98 Å². The van der Waals surface area contributed by atoms with Crippen LogP contribution in [0.15, 0.2) is 41.2 Å². The molecule has 8 heteroatoms. The molecule has 1 aliphatic carbocycles. The number of halogens is 3. The number of alkyl halides is 3. The van der Waals surface area contributed by atoms with Crippen LogP contribution in [0.25, 0.3) is 10.4 Å². The minimum Gasteiger partial charge on any atom is -0.310 e. The van der Waals surface area contributed by atoms with Gasteiger partial charge in [0.2, 0.25) is 0 Å². The summed E-state index contributed by atoms with van der Waals surface area (Å²) in [4.78, 5) is 24.8. The molecule has 2 aliphatic rings. The molecule has 1 saturated carbocycles. The van der Waals surface area contributed by atoms with Gasteiger partial charge in [0.05, 0.1) is 16.8 Å². The Morgan fingerprint density at radius 2 is 1.94 bits per heavy atom. The maximum absolute atomic E-state index is 13.0. The van der Waals surface area contributed by atoms with E-state index in [1.54, 1.807) is 6.07 Å². The molecule has 3 heterocycles. The van der Waals surface area contributed by atoms with Crippen molar-refractivity contribution < 1.29 is 13.2 Å². The molecule has 0 amide bonds. The van der Waals surface area contributed by atoms with Crippen LogP contribution in [-0.4, -0.2) is 21.4 Å². The highest BCUT2D eigenvalue weighted by molar-refractivity contribution is 7.15. The molecule has 5 rings (SSSR count). The number of aromatic nitrogens is 2. The number of fused-ring (bicyclic) bond motifs is 1. The van der Waals surface area contributed by atoms with Crippen molar-refractivity contribution in [2.75, 3.05) is 6.54 Å². The van der Waals surface area contributed by atoms with E-state index in [9.17, 15) is 18.0 Å². The van der Waals surface area contributed by atoms with Crippen LogP contribution in [0.2, 0.25) is 0 Å². The largest absolute Gasteiger partial charge is 0.416 e. The molecule has 1 aliphatic heterocycles. The molecule has 0 saturated heterocycles. The van der Waals surface area contributed by atoms with Crippen molar-refractivity contribution in [2.24, 2.45) is 0 Å². The maximum Gasteiger partial charge on any atom is 0.416 e. The molecular weight excluding hydrogens is 447 g/mol. The molecule has 1 aromatic carbocycles. The molecule has 0 spiro atoms. The first-order valence-corrected chi connectivity index (χ1v) is 12.3. The van der Waals surface area contributed by atoms with Crippen LogP contribution in [0.4, 0.5) is 13.2 Å². The van der Waals surface area contributed by atoms with E-state index in [2.05, 4.69) is 9.88 Å². The van der Waals surface area contributed by atoms with Crippen molar-refractivity contribution in [1.29, 1.82) is 0 Å². The molecule has 33 heavy (non-hydrogen) atoms. The van der Waals surface area contributed by atoms with Crippen LogP contribution in [0.3, 0.4) is 0 Å². The van der Waals surface area contributed by atoms with Gasteiger partial charge in [0, 0.05) is 41.7 Å². The van der Waals surface area contributed by atoms with Gasteiger partial charge in [-0.25, -0.2) is 4.98 Å². The third kappa shape index (κ3) is 4.92. The normalized spacial score (nSPS) is 17.8. The van der Waals surface area contributed by atoms with Crippen LogP contribution in [0.1, 0.15) is 65.5 Å². The summed E-state index contributed by atoms with van der Waals surface area (Å²) < 4.78 is 39.1. The fraction of sp³-hybridized carbons (Fsp3) is 0.440. The number of hydrogen-bond acceptors (Lipinski definition) is 4. The highest BCUT2D eigenvalue weighted by Gasteiger charge is 2.30. The van der Waals surface area contributed by atoms with Crippen LogP contribution < -0.4 is 5.56 Å². The van der Waals surface area contributed by atoms with Gasteiger partial charge in [-0.05, 0) is 42.7 Å². The topological polar surface area (TPSA) is 49.0 Å². The minimum absolute atomic E-state index is 0.0268. The Labute approximate surface area is 194 Å². The molecule has 0 unspecified atom stereocenters. The van der Waals surface area contributed by atoms with E-state index < -0.39 is 11.7 Å². The van der Waals surface area contributed by atoms with Gasteiger partial charge in [-0.2, -0.15) is 13.2 Å². The monoisotopic (exact) mass is 473 g/mol. The molecule has 0 bridgehead atoms. The predicted molar refractivity (Wildman–Crippen MR) is 123 cm³/mol. The average Bonchev–Trinajstić information content (AvgIpc) is 3.28. The van der Waals surface area contributed by atoms with Gasteiger partial charge in [0.25, 0.3) is 5.56 Å². The lowest BCUT2D eigenvalue weighted by atomic mass is 9.88. The standard InChI is InChI=1S/C25H26F3N3OS/c26-25(27,28)18-8-4-7-17(13-18)22-10-9-19(33-22)14-31-12-11-21-20(15-31)24(32)30-23(29-21)16-5-2-1-3-6-16/h4,7-10,13,16H,1-3,5-6,11-12,14-15H2,(H,29,30,32). The van der Waals surface area contributed by atoms with Crippen LogP contribution in [-0.2, 0) is 25.7 Å². The van der Waals surface area contributed by atoms with Crippen LogP contribution in [0, 0.1) is 0 Å². The zero-order valence-electron chi connectivity index (χ0n) is 18.3. The second-order valence-electron chi connectivity index (χ2n) is 9.02. The Balaban J connectivity index is 1.29. The average molecular weight is 474 g/mol. The Hall–Kier alpha value is -2.45. The lowest BCUT2D eigenvalue weighted by molar-refractivity contribution is -0.137. The lowest BCUT2D eigenvalue weighted by Crippen LogP contribution is -2.36. The number of nitrogens with zero attached hydrogens (tertiary/aromatic N) is 2. The van der Waals surface area contributed by atoms with Crippen molar-refractivity contribution in [2.45, 2.75) is 63.7 Å². The molecule has 1 N–H and O–H groups in total. The van der Waals surface area contributed by atoms with Gasteiger partial charge in [-0.15, -0.1) is 11.3 Å². The molecule has 4 nitrogen and oxygen atoms in total. The summed E-state index contributed by atoms with van der Waals surface area (Å²) in [6.07, 6.45) is 2.24. The third-order valence-electron chi connectivity index (χ3n) is 6.67. The van der Waals surface area contributed by atoms with E-state index in [0.29, 0.717) is 24.6 Å². The number of H-pyrrole nitrogens is 1. The zero-order valence-corrected chi connectivity index (χ0v) is 19.1. The lowest BCUT2D eigenvalue weighted by Gasteiger charge is -2.28. The van der Waals surface area contributed by atoms with Gasteiger partial charge in [-0.1, -0.05) is 31.4 Å². The number of hydrogen-bond donors (Lipinski definition) is 1. The van der Waals surface area contributed by atoms with Crippen LogP contribution >= 0.6 is 11.3 Å². The van der Waals surface area contributed by atoms with E-state index in [-0.39, 0.29) is 5.56 Å². The molecule has 3 aromatic rings. The SMILES string of the molecule is O=c1[nH]c(C2CCCCC2)nc2c1CN(Cc1ccc(-c3cccc(C(F)(F)F)c3)s1)CC2. The summed E-state index contributed by atoms with van der Waals surface area (Å²) in [6.45, 7) is 2.01. The van der Waals surface area contributed by atoms with Crippen molar-refractivity contribution in [1.82, 2.24) is 14.9 Å². The van der Waals surface area contributed by atoms with Crippen LogP contribution in [0.5, 0.6) is 0 Å². The predicted octanol–water partition coefficient (Wildman–Crippen LogP) is 6.12. The number of thiophene rings is 1. The molecule has 0 atom stereocenters. The fourth-order valence-corrected chi connectivity index (χ4v) is 5.94. The summed E-state index contributed by atoms with van der Waals surface area (Å²) >= 11 is 1.50. The zero-order chi connectivity index (χ0) is 23.0. The fourth-order valence-electron chi connectivity index (χ4n) is 4.89. The van der Waals surface area contributed by atoms with E-state index in [1.807, 2.05) is 12.1 Å². The number of nitrogens with one attached hydrogen (secondary N) is 1. The summed E-state index contributed by atoms with van der Waals surface area (Å²) in [6, 6.07) is 9.27. The first-order chi connectivity index (χ1) is 15.9. The smallest absolute Gasteiger partial charge is 0.310 e. The second-order valence-corrected chi connectivity index (χ2v) is 10.2. The van der Waals surface area contributed by atoms with E-state index >= 15 is 0 Å². The van der Waals surface area contributed by atoms with Crippen molar-refractivity contribution in [3.05, 3.63) is 74.3 Å². The molecular formula is C25H26F3N3OS. The quantitative estimate of drug-likeness (QED) is 0.496. The van der Waals surface area contributed by atoms with Gasteiger partial charge in [-0.3, -0.25) is 9.69 Å². The highest BCUT2D eigenvalue weighted by Crippen LogP contribution is 2.35. The molecule has 174 valence electrons. The summed E-state index contributed by atoms with van der Waals surface area (Å²) in [5, 5.41) is 0. The number of benzene rings is 1. The Kier molecular flexibility index (Phi) is 6.14. The van der Waals surface area contributed by atoms with Gasteiger partial charge >= 0.3 is 6.18 Å². The molecule has 2 aromatic heterocycles. The maximum atomic E-state index is 13.0. The molecule has 0 radical (unpaired) electrons. The first kappa shape index (κ1) is 22.3. The third-order valence-corrected chi connectivity index (χ3v) is 7.79. The van der Waals surface area contributed by atoms with E-state index in [0.717, 1.165) is 58.7 Å². The van der Waals surface area contributed by atoms with Gasteiger partial charge < -0.3 is 4.98 Å². The van der Waals surface area contributed by atoms with Gasteiger partial charge in [0.1, 0.15) is 5.82 Å². The molecule has 1 fully saturated rings. The number of rotatable bonds is 4. The van der Waals surface area contributed by atoms with E-state index in [1.165, 1.54) is 42.7 Å². The highest BCUT2D eigenvalue weighted by atomic mass is 32.1. The minimum atomic E-state index is -4.35. The van der Waals surface area contributed by atoms with Gasteiger partial charge in [0.15, 0.2) is 0 Å². The Bertz CT molecular complexity index is 1190. The summed E-state index contributed by atoms with van der Waals surface area (Å²) in [7, 11) is 0. The number of aromatic amines is 1. The Morgan fingerprint density at radius 1 is 1.12 bits per heavy atom. The van der Waals surface area contributed by atoms with Crippen molar-refractivity contribution >= 4 is 11.3 Å². The van der Waals surface area contributed by atoms with Crippen molar-refractivity contribution in [3.8, 4) is 10.4 Å².